The zero-order chi connectivity index (χ0) is 17.9. The van der Waals surface area contributed by atoms with Gasteiger partial charge in [-0.25, -0.2) is 0 Å². The highest BCUT2D eigenvalue weighted by atomic mass is 32.2. The highest BCUT2D eigenvalue weighted by molar-refractivity contribution is 7.99. The fraction of sp³-hybridized carbons (Fsp3) is 0.158. The summed E-state index contributed by atoms with van der Waals surface area (Å²) in [6.45, 7) is 2.05. The third kappa shape index (κ3) is 3.39. The Hall–Kier alpha value is -2.93. The van der Waals surface area contributed by atoms with Crippen LogP contribution in [0.5, 0.6) is 0 Å². The molecule has 7 heteroatoms. The van der Waals surface area contributed by atoms with Crippen molar-refractivity contribution in [3.05, 3.63) is 76.1 Å². The number of fused-ring (bicyclic) bond motifs is 1. The largest absolute Gasteiger partial charge is 0.322 e. The number of H-pyrrole nitrogens is 1. The van der Waals surface area contributed by atoms with Gasteiger partial charge < -0.3 is 4.98 Å². The number of aryl methyl sites for hydroxylation is 2. The number of hydrogen-bond acceptors (Lipinski definition) is 5. The first-order valence-corrected chi connectivity index (χ1v) is 9.28. The molecule has 0 saturated carbocycles. The number of tetrazole rings is 1. The topological polar surface area (TPSA) is 76.5 Å². The van der Waals surface area contributed by atoms with Gasteiger partial charge in [0.25, 0.3) is 5.56 Å². The van der Waals surface area contributed by atoms with Gasteiger partial charge in [-0.3, -0.25) is 4.79 Å². The molecule has 0 aliphatic rings. The Labute approximate surface area is 154 Å². The summed E-state index contributed by atoms with van der Waals surface area (Å²) in [7, 11) is 0. The zero-order valence-corrected chi connectivity index (χ0v) is 15.0. The molecule has 130 valence electrons. The number of nitrogens with zero attached hydrogens (tertiary/aromatic N) is 4. The summed E-state index contributed by atoms with van der Waals surface area (Å²) in [4.78, 5) is 15.2. The van der Waals surface area contributed by atoms with Crippen molar-refractivity contribution in [1.82, 2.24) is 25.2 Å². The smallest absolute Gasteiger partial charge is 0.251 e. The maximum atomic E-state index is 12.3. The number of benzene rings is 2. The van der Waals surface area contributed by atoms with Crippen LogP contribution in [0.4, 0.5) is 0 Å². The first kappa shape index (κ1) is 16.5. The van der Waals surface area contributed by atoms with Gasteiger partial charge in [-0.15, -0.1) is 5.10 Å². The molecular weight excluding hydrogens is 346 g/mol. The average molecular weight is 363 g/mol. The summed E-state index contributed by atoms with van der Waals surface area (Å²) in [5.74, 6) is 0.716. The molecule has 0 atom stereocenters. The molecule has 4 aromatic rings. The molecule has 0 radical (unpaired) electrons. The standard InChI is InChI=1S/C19H17N5OS/c1-13-7-8-17-15(11-13)12-14(18(25)20-17)9-10-26-19-21-22-23-24(19)16-5-3-2-4-6-16/h2-8,11-12H,9-10H2,1H3,(H,20,25). The molecule has 1 N–H and O–H groups in total. The lowest BCUT2D eigenvalue weighted by atomic mass is 10.1. The monoisotopic (exact) mass is 363 g/mol. The number of rotatable bonds is 5. The second-order valence-electron chi connectivity index (χ2n) is 6.02. The Kier molecular flexibility index (Phi) is 4.53. The predicted octanol–water partition coefficient (Wildman–Crippen LogP) is 3.15. The first-order chi connectivity index (χ1) is 12.7. The minimum absolute atomic E-state index is 0.0374. The van der Waals surface area contributed by atoms with Crippen molar-refractivity contribution in [3.8, 4) is 5.69 Å². The Morgan fingerprint density at radius 1 is 1.12 bits per heavy atom. The maximum Gasteiger partial charge on any atom is 0.251 e. The number of aromatic nitrogens is 5. The fourth-order valence-corrected chi connectivity index (χ4v) is 3.67. The lowest BCUT2D eigenvalue weighted by Crippen LogP contribution is -2.13. The van der Waals surface area contributed by atoms with Gasteiger partial charge in [-0.05, 0) is 59.5 Å². The normalized spacial score (nSPS) is 11.1. The van der Waals surface area contributed by atoms with E-state index >= 15 is 0 Å². The summed E-state index contributed by atoms with van der Waals surface area (Å²) in [6, 6.07) is 17.8. The number of thioether (sulfide) groups is 1. The molecule has 4 rings (SSSR count). The Bertz CT molecular complexity index is 1100. The highest BCUT2D eigenvalue weighted by Crippen LogP contribution is 2.19. The minimum Gasteiger partial charge on any atom is -0.322 e. The summed E-state index contributed by atoms with van der Waals surface area (Å²) in [5.41, 5.74) is 3.69. The summed E-state index contributed by atoms with van der Waals surface area (Å²) in [6.07, 6.45) is 0.644. The summed E-state index contributed by atoms with van der Waals surface area (Å²) >= 11 is 1.53. The zero-order valence-electron chi connectivity index (χ0n) is 14.2. The van der Waals surface area contributed by atoms with E-state index in [1.807, 2.05) is 55.5 Å². The van der Waals surface area contributed by atoms with Crippen LogP contribution in [0.15, 0.2) is 64.5 Å². The van der Waals surface area contributed by atoms with Gasteiger partial charge in [-0.2, -0.15) is 4.68 Å². The number of nitrogens with one attached hydrogen (secondary N) is 1. The molecule has 0 bridgehead atoms. The van der Waals surface area contributed by atoms with Crippen LogP contribution >= 0.6 is 11.8 Å². The van der Waals surface area contributed by atoms with Crippen molar-refractivity contribution in [3.63, 3.8) is 0 Å². The quantitative estimate of drug-likeness (QED) is 0.551. The van der Waals surface area contributed by atoms with Crippen molar-refractivity contribution < 1.29 is 0 Å². The lowest BCUT2D eigenvalue weighted by molar-refractivity contribution is 0.756. The number of pyridine rings is 1. The van der Waals surface area contributed by atoms with Crippen LogP contribution in [-0.4, -0.2) is 30.9 Å². The van der Waals surface area contributed by atoms with E-state index in [1.54, 1.807) is 4.68 Å². The van der Waals surface area contributed by atoms with Crippen molar-refractivity contribution in [2.75, 3.05) is 5.75 Å². The molecule has 2 aromatic carbocycles. The van der Waals surface area contributed by atoms with Gasteiger partial charge in [0, 0.05) is 16.8 Å². The summed E-state index contributed by atoms with van der Waals surface area (Å²) < 4.78 is 1.71. The number of para-hydroxylation sites is 1. The van der Waals surface area contributed by atoms with E-state index in [2.05, 4.69) is 26.6 Å². The fourth-order valence-electron chi connectivity index (χ4n) is 2.81. The molecule has 0 aliphatic heterocycles. The van der Waals surface area contributed by atoms with E-state index in [0.29, 0.717) is 17.3 Å². The second kappa shape index (κ2) is 7.13. The molecule has 26 heavy (non-hydrogen) atoms. The van der Waals surface area contributed by atoms with Gasteiger partial charge in [0.05, 0.1) is 5.69 Å². The molecular formula is C19H17N5OS. The van der Waals surface area contributed by atoms with Crippen molar-refractivity contribution in [2.24, 2.45) is 0 Å². The molecule has 0 spiro atoms. The third-order valence-corrected chi connectivity index (χ3v) is 5.04. The first-order valence-electron chi connectivity index (χ1n) is 8.30. The van der Waals surface area contributed by atoms with Crippen LogP contribution in [0, 0.1) is 6.92 Å². The molecule has 6 nitrogen and oxygen atoms in total. The highest BCUT2D eigenvalue weighted by Gasteiger charge is 2.10. The second-order valence-corrected chi connectivity index (χ2v) is 7.08. The van der Waals surface area contributed by atoms with E-state index in [4.69, 9.17) is 0 Å². The lowest BCUT2D eigenvalue weighted by Gasteiger charge is -2.05. The third-order valence-electron chi connectivity index (χ3n) is 4.12. The van der Waals surface area contributed by atoms with Crippen LogP contribution in [0.3, 0.4) is 0 Å². The Balaban J connectivity index is 1.51. The van der Waals surface area contributed by atoms with Gasteiger partial charge in [-0.1, -0.05) is 41.6 Å². The molecule has 2 heterocycles. The van der Waals surface area contributed by atoms with Crippen LogP contribution in [0.1, 0.15) is 11.1 Å². The maximum absolute atomic E-state index is 12.3. The predicted molar refractivity (Wildman–Crippen MR) is 103 cm³/mol. The molecule has 0 saturated heterocycles. The van der Waals surface area contributed by atoms with Gasteiger partial charge in [0.2, 0.25) is 5.16 Å². The molecule has 0 aliphatic carbocycles. The van der Waals surface area contributed by atoms with E-state index < -0.39 is 0 Å². The SMILES string of the molecule is Cc1ccc2[nH]c(=O)c(CCSc3nnnn3-c3ccccc3)cc2c1. The summed E-state index contributed by atoms with van der Waals surface area (Å²) in [5, 5.41) is 13.7. The van der Waals surface area contributed by atoms with Crippen molar-refractivity contribution >= 4 is 22.7 Å². The average Bonchev–Trinajstić information content (AvgIpc) is 3.12. The molecule has 0 unspecified atom stereocenters. The van der Waals surface area contributed by atoms with Gasteiger partial charge >= 0.3 is 0 Å². The van der Waals surface area contributed by atoms with Crippen LogP contribution < -0.4 is 5.56 Å². The Morgan fingerprint density at radius 3 is 2.81 bits per heavy atom. The van der Waals surface area contributed by atoms with E-state index in [9.17, 15) is 4.79 Å². The van der Waals surface area contributed by atoms with E-state index in [1.165, 1.54) is 17.3 Å². The Morgan fingerprint density at radius 2 is 1.96 bits per heavy atom. The van der Waals surface area contributed by atoms with E-state index in [0.717, 1.165) is 22.2 Å². The number of hydrogen-bond donors (Lipinski definition) is 1. The van der Waals surface area contributed by atoms with Gasteiger partial charge in [0.15, 0.2) is 0 Å². The van der Waals surface area contributed by atoms with Crippen LogP contribution in [0.2, 0.25) is 0 Å². The van der Waals surface area contributed by atoms with Gasteiger partial charge in [0.1, 0.15) is 0 Å². The van der Waals surface area contributed by atoms with E-state index in [-0.39, 0.29) is 5.56 Å². The van der Waals surface area contributed by atoms with Crippen LogP contribution in [0.25, 0.3) is 16.6 Å². The van der Waals surface area contributed by atoms with Crippen molar-refractivity contribution in [1.29, 1.82) is 0 Å². The molecule has 0 amide bonds. The molecule has 0 fully saturated rings. The van der Waals surface area contributed by atoms with Crippen LogP contribution in [-0.2, 0) is 6.42 Å². The molecule has 2 aromatic heterocycles. The minimum atomic E-state index is -0.0374. The number of aromatic amines is 1. The van der Waals surface area contributed by atoms with Crippen molar-refractivity contribution in [2.45, 2.75) is 18.5 Å².